The summed E-state index contributed by atoms with van der Waals surface area (Å²) >= 11 is 0. The molecule has 0 saturated carbocycles. The van der Waals surface area contributed by atoms with E-state index < -0.39 is 5.97 Å². The predicted molar refractivity (Wildman–Crippen MR) is 123 cm³/mol. The average molecular weight is 439 g/mol. The Balaban J connectivity index is 1.30. The van der Waals surface area contributed by atoms with Crippen molar-refractivity contribution in [2.45, 2.75) is 33.2 Å². The lowest BCUT2D eigenvalue weighted by molar-refractivity contribution is 0.0517. The molecule has 32 heavy (non-hydrogen) atoms. The van der Waals surface area contributed by atoms with E-state index in [2.05, 4.69) is 68.4 Å². The summed E-state index contributed by atoms with van der Waals surface area (Å²) in [5.41, 5.74) is 2.97. The zero-order valence-corrected chi connectivity index (χ0v) is 18.9. The van der Waals surface area contributed by atoms with Crippen LogP contribution in [0, 0.1) is 6.92 Å². The van der Waals surface area contributed by atoms with Gasteiger partial charge in [0.2, 0.25) is 5.69 Å². The largest absolute Gasteiger partial charge is 0.461 e. The number of carbonyl (C=O) groups is 1. The number of ether oxygens (including phenoxy) is 1. The van der Waals surface area contributed by atoms with Gasteiger partial charge in [-0.25, -0.2) is 9.78 Å². The lowest BCUT2D eigenvalue weighted by Crippen LogP contribution is -2.52. The van der Waals surface area contributed by atoms with Crippen LogP contribution in [-0.4, -0.2) is 71.4 Å². The number of nitrogens with zero attached hydrogens (tertiary/aromatic N) is 5. The number of anilines is 2. The highest BCUT2D eigenvalue weighted by atomic mass is 16.5. The quantitative estimate of drug-likeness (QED) is 0.420. The van der Waals surface area contributed by atoms with Gasteiger partial charge in [-0.2, -0.15) is 4.98 Å². The normalized spacial score (nSPS) is 17.0. The Bertz CT molecular complexity index is 1070. The van der Waals surface area contributed by atoms with Gasteiger partial charge in [0, 0.05) is 37.9 Å². The van der Waals surface area contributed by atoms with E-state index in [0.717, 1.165) is 32.6 Å². The van der Waals surface area contributed by atoms with Gasteiger partial charge in [0.05, 0.1) is 6.61 Å². The molecule has 1 aliphatic rings. The Morgan fingerprint density at radius 1 is 1.31 bits per heavy atom. The van der Waals surface area contributed by atoms with E-state index in [1.165, 1.54) is 17.6 Å². The molecule has 1 N–H and O–H groups in total. The average Bonchev–Trinajstić information content (AvgIpc) is 3.22. The molecule has 1 aromatic carbocycles. The number of carbonyl (C=O) groups excluding carboxylic acids is 1. The summed E-state index contributed by atoms with van der Waals surface area (Å²) in [5, 5.41) is 7.59. The molecule has 9 heteroatoms. The van der Waals surface area contributed by atoms with Crippen LogP contribution in [0.4, 0.5) is 11.5 Å². The molecule has 3 heterocycles. The Morgan fingerprint density at radius 3 is 2.97 bits per heavy atom. The van der Waals surface area contributed by atoms with Gasteiger partial charge in [0.1, 0.15) is 17.5 Å². The molecule has 1 saturated heterocycles. The minimum atomic E-state index is -0.537. The van der Waals surface area contributed by atoms with Crippen molar-refractivity contribution in [3.8, 4) is 0 Å². The lowest BCUT2D eigenvalue weighted by atomic mass is 10.1. The zero-order chi connectivity index (χ0) is 22.5. The van der Waals surface area contributed by atoms with E-state index in [0.29, 0.717) is 23.8 Å². The molecule has 9 nitrogen and oxygen atoms in total. The second kappa shape index (κ2) is 9.95. The molecule has 0 bridgehead atoms. The van der Waals surface area contributed by atoms with Gasteiger partial charge in [-0.15, -0.1) is 0 Å². The number of hydrogen-bond donors (Lipinski definition) is 1. The smallest absolute Gasteiger partial charge is 0.361 e. The van der Waals surface area contributed by atoms with Crippen molar-refractivity contribution in [1.82, 2.24) is 20.0 Å². The van der Waals surface area contributed by atoms with Gasteiger partial charge in [-0.3, -0.25) is 4.90 Å². The van der Waals surface area contributed by atoms with Crippen LogP contribution in [0.5, 0.6) is 0 Å². The van der Waals surface area contributed by atoms with Crippen molar-refractivity contribution in [2.75, 3.05) is 49.5 Å². The fourth-order valence-electron chi connectivity index (χ4n) is 4.20. The van der Waals surface area contributed by atoms with Crippen LogP contribution in [0.3, 0.4) is 0 Å². The van der Waals surface area contributed by atoms with Crippen LogP contribution in [0.25, 0.3) is 11.1 Å². The van der Waals surface area contributed by atoms with Crippen molar-refractivity contribution in [2.24, 2.45) is 0 Å². The zero-order valence-electron chi connectivity index (χ0n) is 18.9. The van der Waals surface area contributed by atoms with Crippen LogP contribution in [0.15, 0.2) is 35.1 Å². The van der Waals surface area contributed by atoms with Crippen molar-refractivity contribution in [1.29, 1.82) is 0 Å². The maximum atomic E-state index is 12.1. The maximum Gasteiger partial charge on any atom is 0.361 e. The summed E-state index contributed by atoms with van der Waals surface area (Å²) in [5.74, 6) is 0.00139. The molecule has 0 amide bonds. The molecule has 0 radical (unpaired) electrons. The third kappa shape index (κ3) is 4.83. The molecule has 4 rings (SSSR count). The molecule has 1 fully saturated rings. The monoisotopic (exact) mass is 438 g/mol. The maximum absolute atomic E-state index is 12.1. The Kier molecular flexibility index (Phi) is 6.84. The summed E-state index contributed by atoms with van der Waals surface area (Å²) in [6.07, 6.45) is 2.35. The van der Waals surface area contributed by atoms with Gasteiger partial charge in [0.15, 0.2) is 0 Å². The van der Waals surface area contributed by atoms with Crippen LogP contribution in [-0.2, 0) is 4.74 Å². The molecule has 0 spiro atoms. The highest BCUT2D eigenvalue weighted by Gasteiger charge is 2.24. The van der Waals surface area contributed by atoms with Gasteiger partial charge < -0.3 is 19.5 Å². The molecule has 1 aliphatic heterocycles. The fraction of sp³-hybridized carbons (Fsp3) is 0.478. The number of benzene rings is 1. The molecule has 0 aliphatic carbocycles. The second-order valence-electron chi connectivity index (χ2n) is 8.12. The van der Waals surface area contributed by atoms with Crippen LogP contribution in [0.1, 0.15) is 36.3 Å². The predicted octanol–water partition coefficient (Wildman–Crippen LogP) is 3.12. The summed E-state index contributed by atoms with van der Waals surface area (Å²) in [6, 6.07) is 9.18. The SMILES string of the molecule is CCOC(=O)c1noc2ncnc(NCCCN3CCN(c4cccc(C)c4)[C@H](C)C3)c12. The summed E-state index contributed by atoms with van der Waals surface area (Å²) in [6.45, 7) is 11.2. The third-order valence-electron chi connectivity index (χ3n) is 5.73. The Hall–Kier alpha value is -3.20. The summed E-state index contributed by atoms with van der Waals surface area (Å²) < 4.78 is 10.2. The van der Waals surface area contributed by atoms with Gasteiger partial charge in [-0.1, -0.05) is 17.3 Å². The van der Waals surface area contributed by atoms with Crippen molar-refractivity contribution >= 4 is 28.6 Å². The number of piperazine rings is 1. The first-order chi connectivity index (χ1) is 15.6. The van der Waals surface area contributed by atoms with Gasteiger partial charge >= 0.3 is 5.97 Å². The molecular formula is C23H30N6O3. The lowest BCUT2D eigenvalue weighted by Gasteiger charge is -2.41. The topological polar surface area (TPSA) is 96.6 Å². The Labute approximate surface area is 187 Å². The van der Waals surface area contributed by atoms with Crippen molar-refractivity contribution < 1.29 is 14.1 Å². The fourth-order valence-corrected chi connectivity index (χ4v) is 4.20. The highest BCUT2D eigenvalue weighted by Crippen LogP contribution is 2.24. The third-order valence-corrected chi connectivity index (χ3v) is 5.73. The number of hydrogen-bond acceptors (Lipinski definition) is 9. The number of aryl methyl sites for hydroxylation is 1. The molecule has 170 valence electrons. The number of nitrogens with one attached hydrogen (secondary N) is 1. The number of fused-ring (bicyclic) bond motifs is 1. The van der Waals surface area contributed by atoms with Gasteiger partial charge in [-0.05, 0) is 51.4 Å². The number of aromatic nitrogens is 3. The van der Waals surface area contributed by atoms with Crippen LogP contribution in [0.2, 0.25) is 0 Å². The van der Waals surface area contributed by atoms with E-state index in [-0.39, 0.29) is 18.0 Å². The molecule has 3 aromatic rings. The molecule has 0 unspecified atom stereocenters. The number of esters is 1. The first-order valence-corrected chi connectivity index (χ1v) is 11.1. The van der Waals surface area contributed by atoms with Gasteiger partial charge in [0.25, 0.3) is 5.71 Å². The highest BCUT2D eigenvalue weighted by molar-refractivity contribution is 6.04. The number of rotatable bonds is 8. The van der Waals surface area contributed by atoms with Crippen molar-refractivity contribution in [3.05, 3.63) is 41.9 Å². The molecule has 2 aromatic heterocycles. The van der Waals surface area contributed by atoms with Crippen molar-refractivity contribution in [3.63, 3.8) is 0 Å². The summed E-state index contributed by atoms with van der Waals surface area (Å²) in [7, 11) is 0. The standard InChI is InChI=1S/C23H30N6O3/c1-4-31-23(30)20-19-21(25-15-26-22(19)32-27-20)24-9-6-10-28-11-12-29(17(3)14-28)18-8-5-7-16(2)13-18/h5,7-8,13,15,17H,4,6,9-12,14H2,1-3H3,(H,24,25,26)/t17-/m1/s1. The second-order valence-corrected chi connectivity index (χ2v) is 8.12. The first-order valence-electron chi connectivity index (χ1n) is 11.1. The van der Waals surface area contributed by atoms with E-state index in [4.69, 9.17) is 9.26 Å². The minimum Gasteiger partial charge on any atom is -0.461 e. The molecular weight excluding hydrogens is 408 g/mol. The van der Waals surface area contributed by atoms with Crippen LogP contribution >= 0.6 is 0 Å². The van der Waals surface area contributed by atoms with E-state index in [9.17, 15) is 4.79 Å². The first kappa shape index (κ1) is 22.0. The molecule has 1 atom stereocenters. The minimum absolute atomic E-state index is 0.103. The van der Waals surface area contributed by atoms with E-state index in [1.54, 1.807) is 6.92 Å². The van der Waals surface area contributed by atoms with E-state index in [1.807, 2.05) is 0 Å². The van der Waals surface area contributed by atoms with Crippen LogP contribution < -0.4 is 10.2 Å². The summed E-state index contributed by atoms with van der Waals surface area (Å²) in [4.78, 5) is 25.5. The van der Waals surface area contributed by atoms with E-state index >= 15 is 0 Å². The Morgan fingerprint density at radius 2 is 2.19 bits per heavy atom.